The number of aliphatic hydroxyl groups excluding tert-OH is 1. The summed E-state index contributed by atoms with van der Waals surface area (Å²) in [5.74, 6) is 0.345. The lowest BCUT2D eigenvalue weighted by atomic mass is 10.2. The molecular formula is C14H20N2O3S. The van der Waals surface area contributed by atoms with Crippen LogP contribution < -0.4 is 15.4 Å². The Kier molecular flexibility index (Phi) is 6.97. The summed E-state index contributed by atoms with van der Waals surface area (Å²) in [5.41, 5.74) is 0.472. The van der Waals surface area contributed by atoms with Gasteiger partial charge in [-0.2, -0.15) is 0 Å². The Hall–Kier alpha value is -1.66. The zero-order valence-electron chi connectivity index (χ0n) is 11.7. The third-order valence-corrected chi connectivity index (χ3v) is 2.60. The maximum absolute atomic E-state index is 12.0. The molecule has 0 spiro atoms. The van der Waals surface area contributed by atoms with Crippen LogP contribution in [0.4, 0.5) is 0 Å². The molecule has 0 saturated heterocycles. The van der Waals surface area contributed by atoms with E-state index in [1.165, 1.54) is 0 Å². The lowest BCUT2D eigenvalue weighted by Gasteiger charge is -2.11. The molecule has 0 aromatic heterocycles. The van der Waals surface area contributed by atoms with E-state index in [4.69, 9.17) is 22.1 Å². The van der Waals surface area contributed by atoms with E-state index < -0.39 is 6.10 Å². The molecule has 20 heavy (non-hydrogen) atoms. The van der Waals surface area contributed by atoms with Crippen LogP contribution in [0.5, 0.6) is 5.75 Å². The molecule has 0 saturated carbocycles. The Labute approximate surface area is 124 Å². The fraction of sp³-hybridized carbons (Fsp3) is 0.429. The summed E-state index contributed by atoms with van der Waals surface area (Å²) in [6, 6.07) is 6.91. The van der Waals surface area contributed by atoms with Crippen molar-refractivity contribution < 1.29 is 14.6 Å². The van der Waals surface area contributed by atoms with Crippen molar-refractivity contribution in [1.82, 2.24) is 10.6 Å². The molecule has 0 aliphatic rings. The molecule has 110 valence electrons. The van der Waals surface area contributed by atoms with Gasteiger partial charge in [-0.3, -0.25) is 10.1 Å². The van der Waals surface area contributed by atoms with E-state index in [0.717, 1.165) is 6.42 Å². The molecule has 6 heteroatoms. The Bertz CT molecular complexity index is 463. The van der Waals surface area contributed by atoms with Gasteiger partial charge < -0.3 is 15.2 Å². The highest BCUT2D eigenvalue weighted by atomic mass is 32.1. The maximum atomic E-state index is 12.0. The molecule has 0 aliphatic carbocycles. The van der Waals surface area contributed by atoms with Crippen molar-refractivity contribution in [2.45, 2.75) is 26.4 Å². The van der Waals surface area contributed by atoms with Crippen LogP contribution in [0.2, 0.25) is 0 Å². The minimum atomic E-state index is -0.532. The van der Waals surface area contributed by atoms with Gasteiger partial charge in [0.2, 0.25) is 0 Å². The van der Waals surface area contributed by atoms with Gasteiger partial charge in [-0.15, -0.1) is 0 Å². The lowest BCUT2D eigenvalue weighted by molar-refractivity contribution is 0.0975. The van der Waals surface area contributed by atoms with Crippen LogP contribution in [0, 0.1) is 0 Å². The molecule has 0 bridgehead atoms. The number of carbonyl (C=O) groups excluding carboxylic acids is 1. The predicted octanol–water partition coefficient (Wildman–Crippen LogP) is 1.46. The van der Waals surface area contributed by atoms with E-state index in [-0.39, 0.29) is 11.0 Å². The second kappa shape index (κ2) is 8.50. The van der Waals surface area contributed by atoms with Gasteiger partial charge >= 0.3 is 0 Å². The minimum Gasteiger partial charge on any atom is -0.494 e. The van der Waals surface area contributed by atoms with Gasteiger partial charge in [-0.25, -0.2) is 0 Å². The molecule has 1 amide bonds. The average Bonchev–Trinajstić information content (AvgIpc) is 2.43. The maximum Gasteiger partial charge on any atom is 0.257 e. The van der Waals surface area contributed by atoms with Crippen molar-refractivity contribution in [1.29, 1.82) is 0 Å². The number of nitrogens with one attached hydrogen (secondary N) is 2. The first-order valence-electron chi connectivity index (χ1n) is 6.53. The van der Waals surface area contributed by atoms with Crippen molar-refractivity contribution in [2.24, 2.45) is 0 Å². The number of carbonyl (C=O) groups is 1. The normalized spacial score (nSPS) is 11.6. The minimum absolute atomic E-state index is 0.191. The van der Waals surface area contributed by atoms with Crippen LogP contribution in [-0.4, -0.2) is 35.4 Å². The van der Waals surface area contributed by atoms with E-state index in [0.29, 0.717) is 24.5 Å². The van der Waals surface area contributed by atoms with Crippen LogP contribution in [0.15, 0.2) is 24.3 Å². The van der Waals surface area contributed by atoms with Crippen molar-refractivity contribution in [2.75, 3.05) is 13.2 Å². The number of rotatable bonds is 6. The second-order valence-corrected chi connectivity index (χ2v) is 4.80. The van der Waals surface area contributed by atoms with Gasteiger partial charge in [0.1, 0.15) is 5.75 Å². The number of benzene rings is 1. The zero-order chi connectivity index (χ0) is 15.0. The third kappa shape index (κ3) is 5.99. The van der Waals surface area contributed by atoms with Gasteiger partial charge in [0, 0.05) is 12.1 Å². The third-order valence-electron chi connectivity index (χ3n) is 2.35. The highest BCUT2D eigenvalue weighted by Gasteiger charge is 2.09. The lowest BCUT2D eigenvalue weighted by Crippen LogP contribution is -2.41. The van der Waals surface area contributed by atoms with Gasteiger partial charge in [0.25, 0.3) is 5.91 Å². The second-order valence-electron chi connectivity index (χ2n) is 4.39. The number of hydrogen-bond donors (Lipinski definition) is 3. The molecule has 1 atom stereocenters. The summed E-state index contributed by atoms with van der Waals surface area (Å²) in [7, 11) is 0. The van der Waals surface area contributed by atoms with E-state index in [2.05, 4.69) is 10.6 Å². The quantitative estimate of drug-likeness (QED) is 0.693. The Morgan fingerprint density at radius 2 is 2.25 bits per heavy atom. The van der Waals surface area contributed by atoms with Gasteiger partial charge in [-0.1, -0.05) is 13.0 Å². The first-order valence-corrected chi connectivity index (χ1v) is 6.94. The van der Waals surface area contributed by atoms with E-state index in [9.17, 15) is 4.79 Å². The molecule has 5 nitrogen and oxygen atoms in total. The van der Waals surface area contributed by atoms with E-state index in [1.54, 1.807) is 31.2 Å². The summed E-state index contributed by atoms with van der Waals surface area (Å²) in [6.45, 7) is 4.55. The van der Waals surface area contributed by atoms with Crippen molar-refractivity contribution in [3.05, 3.63) is 29.8 Å². The Balaban J connectivity index is 2.56. The van der Waals surface area contributed by atoms with E-state index >= 15 is 0 Å². The molecule has 0 aliphatic heterocycles. The molecule has 1 rings (SSSR count). The number of hydrogen-bond acceptors (Lipinski definition) is 4. The van der Waals surface area contributed by atoms with Crippen molar-refractivity contribution in [3.8, 4) is 5.75 Å². The van der Waals surface area contributed by atoms with Crippen LogP contribution in [0.25, 0.3) is 0 Å². The predicted molar refractivity (Wildman–Crippen MR) is 82.0 cm³/mol. The van der Waals surface area contributed by atoms with Crippen molar-refractivity contribution >= 4 is 23.2 Å². The summed E-state index contributed by atoms with van der Waals surface area (Å²) in [5, 5.41) is 14.6. The molecule has 3 N–H and O–H groups in total. The van der Waals surface area contributed by atoms with Gasteiger partial charge in [0.05, 0.1) is 12.7 Å². The fourth-order valence-corrected chi connectivity index (χ4v) is 1.58. The standard InChI is InChI=1S/C14H20N2O3S/c1-3-7-19-12-6-4-5-11(8-12)13(18)16-14(20)15-9-10(2)17/h4-6,8,10,17H,3,7,9H2,1-2H3,(H2,15,16,18,20). The van der Waals surface area contributed by atoms with Crippen molar-refractivity contribution in [3.63, 3.8) is 0 Å². The molecule has 0 radical (unpaired) electrons. The largest absolute Gasteiger partial charge is 0.494 e. The summed E-state index contributed by atoms with van der Waals surface area (Å²) in [4.78, 5) is 12.0. The average molecular weight is 296 g/mol. The zero-order valence-corrected chi connectivity index (χ0v) is 12.5. The monoisotopic (exact) mass is 296 g/mol. The summed E-state index contributed by atoms with van der Waals surface area (Å²) in [6.07, 6.45) is 0.375. The van der Waals surface area contributed by atoms with Gasteiger partial charge in [-0.05, 0) is 43.8 Å². The highest BCUT2D eigenvalue weighted by Crippen LogP contribution is 2.13. The number of thiocarbonyl (C=S) groups is 1. The molecule has 1 unspecified atom stereocenters. The smallest absolute Gasteiger partial charge is 0.257 e. The molecule has 0 heterocycles. The van der Waals surface area contributed by atoms with E-state index in [1.807, 2.05) is 6.92 Å². The number of ether oxygens (including phenoxy) is 1. The van der Waals surface area contributed by atoms with Crippen LogP contribution in [-0.2, 0) is 0 Å². The number of aliphatic hydroxyl groups is 1. The SMILES string of the molecule is CCCOc1cccc(C(=O)NC(=S)NCC(C)O)c1. The molecule has 1 aromatic rings. The molecular weight excluding hydrogens is 276 g/mol. The Morgan fingerprint density at radius 3 is 2.90 bits per heavy atom. The highest BCUT2D eigenvalue weighted by molar-refractivity contribution is 7.80. The number of amides is 1. The summed E-state index contributed by atoms with van der Waals surface area (Å²) >= 11 is 4.97. The summed E-state index contributed by atoms with van der Waals surface area (Å²) < 4.78 is 5.47. The van der Waals surface area contributed by atoms with Crippen LogP contribution in [0.3, 0.4) is 0 Å². The fourth-order valence-electron chi connectivity index (χ4n) is 1.41. The molecule has 0 fully saturated rings. The first-order chi connectivity index (χ1) is 9.52. The Morgan fingerprint density at radius 1 is 1.50 bits per heavy atom. The molecule has 1 aromatic carbocycles. The van der Waals surface area contributed by atoms with Crippen LogP contribution in [0.1, 0.15) is 30.6 Å². The van der Waals surface area contributed by atoms with Gasteiger partial charge in [0.15, 0.2) is 5.11 Å². The van der Waals surface area contributed by atoms with Crippen LogP contribution >= 0.6 is 12.2 Å². The topological polar surface area (TPSA) is 70.6 Å². The first kappa shape index (κ1) is 16.4.